The van der Waals surface area contributed by atoms with E-state index in [1.807, 2.05) is 40.8 Å². The van der Waals surface area contributed by atoms with Gasteiger partial charge in [-0.3, -0.25) is 4.40 Å². The van der Waals surface area contributed by atoms with Crippen LogP contribution in [-0.2, 0) is 11.2 Å². The number of nitrogens with zero attached hydrogens (tertiary/aromatic N) is 2. The van der Waals surface area contributed by atoms with Crippen molar-refractivity contribution in [1.29, 1.82) is 0 Å². The zero-order valence-electron chi connectivity index (χ0n) is 12.4. The van der Waals surface area contributed by atoms with Crippen molar-refractivity contribution < 1.29 is 14.3 Å². The van der Waals surface area contributed by atoms with E-state index >= 15 is 0 Å². The summed E-state index contributed by atoms with van der Waals surface area (Å²) in [7, 11) is 3.01. The second-order valence-electron chi connectivity index (χ2n) is 4.83. The van der Waals surface area contributed by atoms with Crippen LogP contribution in [0.15, 0.2) is 48.7 Å². The van der Waals surface area contributed by atoms with E-state index in [1.165, 1.54) is 7.11 Å². The smallest absolute Gasteiger partial charge is 0.355 e. The first-order chi connectivity index (χ1) is 10.7. The fraction of sp³-hybridized carbons (Fsp3) is 0.176. The molecule has 0 spiro atoms. The van der Waals surface area contributed by atoms with Crippen molar-refractivity contribution >= 4 is 11.5 Å². The minimum Gasteiger partial charge on any atom is -0.496 e. The molecule has 2 heterocycles. The van der Waals surface area contributed by atoms with E-state index < -0.39 is 0 Å². The number of aromatic nitrogens is 2. The average molecular weight is 296 g/mol. The molecule has 5 heteroatoms. The quantitative estimate of drug-likeness (QED) is 0.695. The molecule has 0 aliphatic carbocycles. The molecule has 3 rings (SSSR count). The van der Waals surface area contributed by atoms with E-state index in [0.717, 1.165) is 22.7 Å². The number of hydrogen-bond acceptors (Lipinski definition) is 4. The largest absolute Gasteiger partial charge is 0.496 e. The van der Waals surface area contributed by atoms with Gasteiger partial charge in [0.15, 0.2) is 0 Å². The van der Waals surface area contributed by atoms with Gasteiger partial charge in [-0.1, -0.05) is 24.3 Å². The molecule has 0 bridgehead atoms. The molecule has 3 aromatic rings. The monoisotopic (exact) mass is 296 g/mol. The molecule has 0 saturated carbocycles. The summed E-state index contributed by atoms with van der Waals surface area (Å²) in [5.41, 5.74) is 2.33. The summed E-state index contributed by atoms with van der Waals surface area (Å²) in [5.74, 6) is 1.18. The Morgan fingerprint density at radius 1 is 1.14 bits per heavy atom. The predicted molar refractivity (Wildman–Crippen MR) is 82.3 cm³/mol. The number of carbonyl (C=O) groups excluding carboxylic acids is 1. The van der Waals surface area contributed by atoms with Gasteiger partial charge < -0.3 is 9.47 Å². The average Bonchev–Trinajstić information content (AvgIpc) is 2.98. The van der Waals surface area contributed by atoms with E-state index in [4.69, 9.17) is 9.47 Å². The van der Waals surface area contributed by atoms with Gasteiger partial charge in [-0.05, 0) is 18.2 Å². The number of fused-ring (bicyclic) bond motifs is 1. The number of esters is 1. The summed E-state index contributed by atoms with van der Waals surface area (Å²) in [6.45, 7) is 0. The molecule has 0 N–H and O–H groups in total. The summed E-state index contributed by atoms with van der Waals surface area (Å²) < 4.78 is 12.0. The lowest BCUT2D eigenvalue weighted by Gasteiger charge is -2.09. The first-order valence-electron chi connectivity index (χ1n) is 6.90. The van der Waals surface area contributed by atoms with Crippen molar-refractivity contribution in [2.24, 2.45) is 0 Å². The Balaban J connectivity index is 2.10. The highest BCUT2D eigenvalue weighted by molar-refractivity contribution is 5.88. The van der Waals surface area contributed by atoms with Crippen LogP contribution in [0.4, 0.5) is 0 Å². The van der Waals surface area contributed by atoms with E-state index in [0.29, 0.717) is 12.1 Å². The molecule has 0 atom stereocenters. The zero-order chi connectivity index (χ0) is 15.5. The number of benzene rings is 1. The van der Waals surface area contributed by atoms with Crippen LogP contribution in [0.3, 0.4) is 0 Å². The lowest BCUT2D eigenvalue weighted by molar-refractivity contribution is 0.0592. The van der Waals surface area contributed by atoms with E-state index in [1.54, 1.807) is 19.4 Å². The van der Waals surface area contributed by atoms with E-state index in [2.05, 4.69) is 4.98 Å². The number of rotatable bonds is 4. The third kappa shape index (κ3) is 2.41. The molecule has 5 nitrogen and oxygen atoms in total. The highest BCUT2D eigenvalue weighted by atomic mass is 16.5. The number of ether oxygens (including phenoxy) is 2. The molecule has 0 fully saturated rings. The number of hydrogen-bond donors (Lipinski definition) is 0. The van der Waals surface area contributed by atoms with Gasteiger partial charge in [0.1, 0.15) is 17.3 Å². The van der Waals surface area contributed by atoms with E-state index in [9.17, 15) is 4.79 Å². The molecule has 0 amide bonds. The Kier molecular flexibility index (Phi) is 3.78. The molecular formula is C17H16N2O3. The minimum absolute atomic E-state index is 0.384. The predicted octanol–water partition coefficient (Wildman–Crippen LogP) is 2.72. The Morgan fingerprint density at radius 2 is 1.95 bits per heavy atom. The molecule has 112 valence electrons. The maximum atomic E-state index is 12.0. The Hall–Kier alpha value is -2.82. The Morgan fingerprint density at radius 3 is 2.73 bits per heavy atom. The molecule has 22 heavy (non-hydrogen) atoms. The lowest BCUT2D eigenvalue weighted by atomic mass is 10.1. The van der Waals surface area contributed by atoms with Gasteiger partial charge in [0.2, 0.25) is 0 Å². The maximum absolute atomic E-state index is 12.0. The molecule has 2 aromatic heterocycles. The number of imidazole rings is 1. The Bertz CT molecular complexity index is 824. The van der Waals surface area contributed by atoms with Gasteiger partial charge in [-0.25, -0.2) is 9.78 Å². The van der Waals surface area contributed by atoms with Gasteiger partial charge in [0, 0.05) is 12.0 Å². The standard InChI is InChI=1S/C17H16N2O3/c1-21-15-9-4-3-6-12(15)10-16-18-11-13-7-5-8-14(19(13)16)17(20)22-2/h3-9,11H,10H2,1-2H3. The SMILES string of the molecule is COC(=O)c1cccc2cnc(Cc3ccccc3OC)n12. The van der Waals surface area contributed by atoms with Gasteiger partial charge in [-0.2, -0.15) is 0 Å². The topological polar surface area (TPSA) is 52.8 Å². The molecular weight excluding hydrogens is 280 g/mol. The highest BCUT2D eigenvalue weighted by Crippen LogP contribution is 2.22. The summed E-state index contributed by atoms with van der Waals surface area (Å²) in [6.07, 6.45) is 2.31. The number of carbonyl (C=O) groups is 1. The first kappa shape index (κ1) is 14.1. The van der Waals surface area contributed by atoms with Crippen molar-refractivity contribution in [3.05, 3.63) is 65.7 Å². The molecule has 0 radical (unpaired) electrons. The third-order valence-corrected chi connectivity index (χ3v) is 3.56. The van der Waals surface area contributed by atoms with Crippen LogP contribution in [0.2, 0.25) is 0 Å². The normalized spacial score (nSPS) is 10.6. The fourth-order valence-electron chi connectivity index (χ4n) is 2.52. The summed E-state index contributed by atoms with van der Waals surface area (Å²) in [6, 6.07) is 13.2. The van der Waals surface area contributed by atoms with Crippen molar-refractivity contribution in [3.63, 3.8) is 0 Å². The van der Waals surface area contributed by atoms with Crippen LogP contribution in [0.1, 0.15) is 21.9 Å². The van der Waals surface area contributed by atoms with Crippen LogP contribution >= 0.6 is 0 Å². The second-order valence-corrected chi connectivity index (χ2v) is 4.83. The van der Waals surface area contributed by atoms with Crippen molar-refractivity contribution in [1.82, 2.24) is 9.38 Å². The van der Waals surface area contributed by atoms with Crippen molar-refractivity contribution in [3.8, 4) is 5.75 Å². The lowest BCUT2D eigenvalue weighted by Crippen LogP contribution is -2.10. The molecule has 0 aliphatic rings. The first-order valence-corrected chi connectivity index (χ1v) is 6.90. The third-order valence-electron chi connectivity index (χ3n) is 3.56. The molecule has 0 aliphatic heterocycles. The van der Waals surface area contributed by atoms with Crippen LogP contribution in [0.25, 0.3) is 5.52 Å². The number of methoxy groups -OCH3 is 2. The van der Waals surface area contributed by atoms with Crippen LogP contribution in [-0.4, -0.2) is 29.6 Å². The van der Waals surface area contributed by atoms with Crippen LogP contribution in [0, 0.1) is 0 Å². The van der Waals surface area contributed by atoms with Crippen molar-refractivity contribution in [2.45, 2.75) is 6.42 Å². The van der Waals surface area contributed by atoms with E-state index in [-0.39, 0.29) is 5.97 Å². The summed E-state index contributed by atoms with van der Waals surface area (Å²) in [4.78, 5) is 16.4. The Labute approximate surface area is 128 Å². The van der Waals surface area contributed by atoms with Crippen LogP contribution < -0.4 is 4.74 Å². The summed E-state index contributed by atoms with van der Waals surface area (Å²) >= 11 is 0. The zero-order valence-corrected chi connectivity index (χ0v) is 12.4. The number of pyridine rings is 1. The van der Waals surface area contributed by atoms with Gasteiger partial charge in [-0.15, -0.1) is 0 Å². The number of para-hydroxylation sites is 1. The molecule has 0 unspecified atom stereocenters. The van der Waals surface area contributed by atoms with Gasteiger partial charge >= 0.3 is 5.97 Å². The molecule has 0 saturated heterocycles. The van der Waals surface area contributed by atoms with Crippen LogP contribution in [0.5, 0.6) is 5.75 Å². The van der Waals surface area contributed by atoms with Crippen molar-refractivity contribution in [2.75, 3.05) is 14.2 Å². The molecule has 1 aromatic carbocycles. The maximum Gasteiger partial charge on any atom is 0.355 e. The fourth-order valence-corrected chi connectivity index (χ4v) is 2.52. The summed E-state index contributed by atoms with van der Waals surface area (Å²) in [5, 5.41) is 0. The minimum atomic E-state index is -0.384. The van der Waals surface area contributed by atoms with Gasteiger partial charge in [0.05, 0.1) is 25.9 Å². The highest BCUT2D eigenvalue weighted by Gasteiger charge is 2.15. The van der Waals surface area contributed by atoms with Gasteiger partial charge in [0.25, 0.3) is 0 Å². The second kappa shape index (κ2) is 5.89.